The molecule has 0 bridgehead atoms. The first-order valence-electron chi connectivity index (χ1n) is 10.0. The summed E-state index contributed by atoms with van der Waals surface area (Å²) in [4.78, 5) is 17.1. The number of nitrogens with zero attached hydrogens (tertiary/aromatic N) is 1. The van der Waals surface area contributed by atoms with Gasteiger partial charge in [-0.3, -0.25) is 9.69 Å². The molecule has 144 valence electrons. The van der Waals surface area contributed by atoms with Gasteiger partial charge in [-0.2, -0.15) is 0 Å². The summed E-state index contributed by atoms with van der Waals surface area (Å²) < 4.78 is 13.4. The first-order chi connectivity index (χ1) is 13.2. The van der Waals surface area contributed by atoms with Crippen molar-refractivity contribution in [2.45, 2.75) is 50.0 Å². The first kappa shape index (κ1) is 18.6. The second kappa shape index (κ2) is 8.11. The van der Waals surface area contributed by atoms with Gasteiger partial charge in [0.05, 0.1) is 11.5 Å². The molecule has 2 heterocycles. The molecule has 3 nitrogen and oxygen atoms in total. The fraction of sp³-hybridized carbons (Fsp3) is 0.500. The van der Waals surface area contributed by atoms with Crippen molar-refractivity contribution in [3.63, 3.8) is 0 Å². The summed E-state index contributed by atoms with van der Waals surface area (Å²) in [6.45, 7) is 2.84. The van der Waals surface area contributed by atoms with Crippen LogP contribution >= 0.6 is 11.3 Å². The maximum absolute atomic E-state index is 13.4. The summed E-state index contributed by atoms with van der Waals surface area (Å²) in [5, 5.41) is 5.38. The van der Waals surface area contributed by atoms with Crippen LogP contribution in [-0.2, 0) is 10.2 Å². The molecule has 5 heteroatoms. The van der Waals surface area contributed by atoms with Crippen LogP contribution in [0.5, 0.6) is 0 Å². The Morgan fingerprint density at radius 1 is 1.11 bits per heavy atom. The van der Waals surface area contributed by atoms with E-state index >= 15 is 0 Å². The van der Waals surface area contributed by atoms with Gasteiger partial charge in [0.25, 0.3) is 0 Å². The van der Waals surface area contributed by atoms with Gasteiger partial charge < -0.3 is 5.32 Å². The van der Waals surface area contributed by atoms with Crippen molar-refractivity contribution < 1.29 is 9.18 Å². The molecular weight excluding hydrogens is 359 g/mol. The number of hydrogen-bond acceptors (Lipinski definition) is 3. The fourth-order valence-electron chi connectivity index (χ4n) is 4.70. The van der Waals surface area contributed by atoms with Crippen LogP contribution in [0.15, 0.2) is 41.8 Å². The highest BCUT2D eigenvalue weighted by Crippen LogP contribution is 2.41. The highest BCUT2D eigenvalue weighted by atomic mass is 32.1. The molecule has 1 unspecified atom stereocenters. The van der Waals surface area contributed by atoms with Crippen molar-refractivity contribution in [2.75, 3.05) is 19.6 Å². The minimum absolute atomic E-state index is 0.104. The fourth-order valence-corrected chi connectivity index (χ4v) is 5.56. The maximum Gasteiger partial charge on any atom is 0.230 e. The summed E-state index contributed by atoms with van der Waals surface area (Å²) in [6.07, 6.45) is 6.25. The summed E-state index contributed by atoms with van der Waals surface area (Å²) in [7, 11) is 0. The van der Waals surface area contributed by atoms with Gasteiger partial charge in [0.2, 0.25) is 5.91 Å². The predicted molar refractivity (Wildman–Crippen MR) is 107 cm³/mol. The van der Waals surface area contributed by atoms with Crippen LogP contribution in [0.2, 0.25) is 0 Å². The van der Waals surface area contributed by atoms with E-state index in [9.17, 15) is 9.18 Å². The van der Waals surface area contributed by atoms with Crippen LogP contribution in [0.4, 0.5) is 4.39 Å². The van der Waals surface area contributed by atoms with E-state index in [4.69, 9.17) is 0 Å². The smallest absolute Gasteiger partial charge is 0.230 e. The van der Waals surface area contributed by atoms with Crippen molar-refractivity contribution in [3.05, 3.63) is 58.0 Å². The van der Waals surface area contributed by atoms with Gasteiger partial charge in [0, 0.05) is 11.4 Å². The van der Waals surface area contributed by atoms with Crippen molar-refractivity contribution in [2.24, 2.45) is 0 Å². The van der Waals surface area contributed by atoms with Gasteiger partial charge in [-0.15, -0.1) is 11.3 Å². The van der Waals surface area contributed by atoms with E-state index in [0.717, 1.165) is 44.3 Å². The SMILES string of the molecule is O=C(NCC(c1cccs1)N1CCCC1)C1(c2ccc(F)cc2)CCCC1. The molecule has 1 aliphatic carbocycles. The highest BCUT2D eigenvalue weighted by Gasteiger charge is 2.43. The van der Waals surface area contributed by atoms with Gasteiger partial charge in [0.15, 0.2) is 0 Å². The number of nitrogens with one attached hydrogen (secondary N) is 1. The molecule has 1 atom stereocenters. The number of hydrogen-bond donors (Lipinski definition) is 1. The normalized spacial score (nSPS) is 20.6. The Morgan fingerprint density at radius 2 is 1.81 bits per heavy atom. The Balaban J connectivity index is 1.51. The van der Waals surface area contributed by atoms with E-state index in [2.05, 4.69) is 27.7 Å². The van der Waals surface area contributed by atoms with Crippen LogP contribution < -0.4 is 5.32 Å². The lowest BCUT2D eigenvalue weighted by atomic mass is 9.78. The van der Waals surface area contributed by atoms with Crippen molar-refractivity contribution in [3.8, 4) is 0 Å². The number of thiophene rings is 1. The van der Waals surface area contributed by atoms with Crippen LogP contribution in [0.3, 0.4) is 0 Å². The first-order valence-corrected chi connectivity index (χ1v) is 10.9. The quantitative estimate of drug-likeness (QED) is 0.784. The van der Waals surface area contributed by atoms with Gasteiger partial charge in [-0.25, -0.2) is 4.39 Å². The lowest BCUT2D eigenvalue weighted by Crippen LogP contribution is -2.45. The van der Waals surface area contributed by atoms with Gasteiger partial charge in [-0.1, -0.05) is 31.0 Å². The average Bonchev–Trinajstić information content (AvgIpc) is 3.45. The van der Waals surface area contributed by atoms with Crippen LogP contribution in [0.25, 0.3) is 0 Å². The molecule has 1 aliphatic heterocycles. The lowest BCUT2D eigenvalue weighted by Gasteiger charge is -2.31. The molecule has 4 rings (SSSR count). The second-order valence-electron chi connectivity index (χ2n) is 7.78. The number of carbonyl (C=O) groups excluding carboxylic acids is 1. The van der Waals surface area contributed by atoms with E-state index in [0.29, 0.717) is 6.54 Å². The molecule has 1 N–H and O–H groups in total. The van der Waals surface area contributed by atoms with E-state index in [1.54, 1.807) is 23.5 Å². The third kappa shape index (κ3) is 3.81. The molecule has 0 radical (unpaired) electrons. The molecule has 2 aromatic rings. The molecule has 1 aromatic heterocycles. The number of carbonyl (C=O) groups is 1. The minimum atomic E-state index is -0.501. The Kier molecular flexibility index (Phi) is 5.60. The lowest BCUT2D eigenvalue weighted by molar-refractivity contribution is -0.126. The Hall–Kier alpha value is -1.72. The number of likely N-dealkylation sites (tertiary alicyclic amines) is 1. The van der Waals surface area contributed by atoms with Gasteiger partial charge in [-0.05, 0) is 67.9 Å². The Morgan fingerprint density at radius 3 is 2.44 bits per heavy atom. The largest absolute Gasteiger partial charge is 0.353 e. The molecule has 1 saturated heterocycles. The summed E-state index contributed by atoms with van der Waals surface area (Å²) in [6, 6.07) is 11.0. The van der Waals surface area contributed by atoms with Crippen molar-refractivity contribution in [1.82, 2.24) is 10.2 Å². The number of halogens is 1. The van der Waals surface area contributed by atoms with Crippen molar-refractivity contribution >= 4 is 17.2 Å². The predicted octanol–water partition coefficient (Wildman–Crippen LogP) is 4.65. The number of benzene rings is 1. The van der Waals surface area contributed by atoms with Crippen LogP contribution in [-0.4, -0.2) is 30.4 Å². The number of rotatable bonds is 6. The van der Waals surface area contributed by atoms with E-state index in [-0.39, 0.29) is 17.8 Å². The molecule has 27 heavy (non-hydrogen) atoms. The topological polar surface area (TPSA) is 32.3 Å². The molecule has 1 saturated carbocycles. The van der Waals surface area contributed by atoms with Gasteiger partial charge >= 0.3 is 0 Å². The van der Waals surface area contributed by atoms with E-state index < -0.39 is 5.41 Å². The maximum atomic E-state index is 13.4. The molecule has 0 spiro atoms. The summed E-state index contributed by atoms with van der Waals surface area (Å²) in [5.74, 6) is -0.147. The average molecular weight is 387 g/mol. The standard InChI is InChI=1S/C22H27FN2OS/c23-18-9-7-17(8-10-18)22(11-1-2-12-22)21(26)24-16-19(20-6-5-15-27-20)25-13-3-4-14-25/h5-10,15,19H,1-4,11-14,16H2,(H,24,26). The Bertz CT molecular complexity index is 747. The molecule has 2 aliphatic rings. The minimum Gasteiger partial charge on any atom is -0.353 e. The highest BCUT2D eigenvalue weighted by molar-refractivity contribution is 7.10. The zero-order valence-electron chi connectivity index (χ0n) is 15.6. The Labute approximate surface area is 164 Å². The molecule has 1 aromatic carbocycles. The third-order valence-electron chi connectivity index (χ3n) is 6.20. The monoisotopic (exact) mass is 386 g/mol. The van der Waals surface area contributed by atoms with Gasteiger partial charge in [0.1, 0.15) is 5.82 Å². The summed E-state index contributed by atoms with van der Waals surface area (Å²) in [5.41, 5.74) is 0.450. The molecular formula is C22H27FN2OS. The van der Waals surface area contributed by atoms with Crippen LogP contribution in [0.1, 0.15) is 55.0 Å². The molecule has 1 amide bonds. The number of amides is 1. The van der Waals surface area contributed by atoms with E-state index in [1.807, 2.05) is 0 Å². The van der Waals surface area contributed by atoms with Crippen LogP contribution in [0, 0.1) is 5.82 Å². The molecule has 2 fully saturated rings. The van der Waals surface area contributed by atoms with Crippen molar-refractivity contribution in [1.29, 1.82) is 0 Å². The van der Waals surface area contributed by atoms with E-state index in [1.165, 1.54) is 29.9 Å². The summed E-state index contributed by atoms with van der Waals surface area (Å²) >= 11 is 1.76. The zero-order valence-corrected chi connectivity index (χ0v) is 16.4. The second-order valence-corrected chi connectivity index (χ2v) is 8.76. The third-order valence-corrected chi connectivity index (χ3v) is 7.17. The zero-order chi connectivity index (χ0) is 18.7.